The van der Waals surface area contributed by atoms with Crippen molar-refractivity contribution in [2.75, 3.05) is 6.61 Å². The Morgan fingerprint density at radius 2 is 1.83 bits per heavy atom. The molecule has 5 aliphatic rings. The Labute approximate surface area is 247 Å². The predicted molar refractivity (Wildman–Crippen MR) is 160 cm³/mol. The molecule has 0 spiro atoms. The smallest absolute Gasteiger partial charge is 0.186 e. The fraction of sp³-hybridized carbons (Fsp3) is 0.941. The van der Waals surface area contributed by atoms with Crippen LogP contribution in [0.15, 0.2) is 16.8 Å². The van der Waals surface area contributed by atoms with Crippen LogP contribution >= 0.6 is 0 Å². The first-order chi connectivity index (χ1) is 19.3. The molecule has 0 aromatic rings. The summed E-state index contributed by atoms with van der Waals surface area (Å²) in [5.41, 5.74) is 2.07. The van der Waals surface area contributed by atoms with Gasteiger partial charge in [0.1, 0.15) is 6.10 Å². The number of aliphatic hydroxyl groups excluding tert-OH is 3. The molecule has 4 aliphatic carbocycles. The van der Waals surface area contributed by atoms with Gasteiger partial charge in [-0.15, -0.1) is 0 Å². The summed E-state index contributed by atoms with van der Waals surface area (Å²) >= 11 is 0. The molecule has 1 saturated heterocycles. The molecule has 4 fully saturated rings. The molecule has 12 atom stereocenters. The second-order valence-corrected chi connectivity index (χ2v) is 15.9. The van der Waals surface area contributed by atoms with Crippen molar-refractivity contribution >= 4 is 0 Å². The number of unbranched alkanes of at least 4 members (excludes halogenated alkanes) is 1. The van der Waals surface area contributed by atoms with E-state index < -0.39 is 30.1 Å². The van der Waals surface area contributed by atoms with Crippen molar-refractivity contribution in [1.29, 1.82) is 0 Å². The van der Waals surface area contributed by atoms with E-state index >= 15 is 0 Å². The maximum absolute atomic E-state index is 11.1. The van der Waals surface area contributed by atoms with Crippen molar-refractivity contribution in [3.8, 4) is 0 Å². The fourth-order valence-corrected chi connectivity index (χ4v) is 10.5. The van der Waals surface area contributed by atoms with Gasteiger partial charge in [0.2, 0.25) is 0 Å². The van der Waals surface area contributed by atoms with Crippen LogP contribution < -0.4 is 0 Å². The number of rotatable bonds is 9. The van der Waals surface area contributed by atoms with Gasteiger partial charge in [0, 0.05) is 12.3 Å². The molecular formula is C34H57NO6. The van der Waals surface area contributed by atoms with Gasteiger partial charge >= 0.3 is 0 Å². The molecule has 7 heteroatoms. The lowest BCUT2D eigenvalue weighted by atomic mass is 9.40. The third-order valence-electron chi connectivity index (χ3n) is 13.4. The van der Waals surface area contributed by atoms with Crippen LogP contribution in [-0.4, -0.2) is 58.2 Å². The van der Waals surface area contributed by atoms with E-state index in [1.165, 1.54) is 44.1 Å². The van der Waals surface area contributed by atoms with Crippen LogP contribution in [-0.2, 0) is 9.47 Å². The van der Waals surface area contributed by atoms with Gasteiger partial charge in [-0.25, -0.2) is 0 Å². The SMILES string of the molecule is C[C@@H]1C2=CCC3[C@@](C)(CC[C@]4(C)C(CCCCC(C)(C)N=O)CC[C@@]34C)C2CC[C@@H]1O[C@@H]1O[C@H](CO)C[C@H](O)[C@H]1O. The van der Waals surface area contributed by atoms with Crippen molar-refractivity contribution in [1.82, 2.24) is 0 Å². The zero-order chi connectivity index (χ0) is 29.8. The Balaban J connectivity index is 1.27. The summed E-state index contributed by atoms with van der Waals surface area (Å²) in [7, 11) is 0. The Hall–Kier alpha value is -0.860. The number of nitrogens with zero attached hydrogens (tertiary/aromatic N) is 1. The van der Waals surface area contributed by atoms with Gasteiger partial charge in [-0.05, 0) is 106 Å². The van der Waals surface area contributed by atoms with E-state index in [-0.39, 0.29) is 30.5 Å². The summed E-state index contributed by atoms with van der Waals surface area (Å²) in [6.07, 6.45) is 12.0. The number of hydrogen-bond donors (Lipinski definition) is 3. The van der Waals surface area contributed by atoms with Crippen molar-refractivity contribution < 1.29 is 24.8 Å². The largest absolute Gasteiger partial charge is 0.394 e. The quantitative estimate of drug-likeness (QED) is 0.164. The Morgan fingerprint density at radius 1 is 1.07 bits per heavy atom. The highest BCUT2D eigenvalue weighted by Crippen LogP contribution is 2.74. The zero-order valence-electron chi connectivity index (χ0n) is 26.5. The molecule has 0 amide bonds. The minimum absolute atomic E-state index is 0.0679. The Morgan fingerprint density at radius 3 is 2.54 bits per heavy atom. The van der Waals surface area contributed by atoms with E-state index in [2.05, 4.69) is 38.9 Å². The van der Waals surface area contributed by atoms with E-state index in [9.17, 15) is 20.2 Å². The maximum atomic E-state index is 11.1. The van der Waals surface area contributed by atoms with E-state index in [1.807, 2.05) is 13.8 Å². The molecule has 7 nitrogen and oxygen atoms in total. The number of fused-ring (bicyclic) bond motifs is 5. The predicted octanol–water partition coefficient (Wildman–Crippen LogP) is 6.52. The number of nitroso groups, excluding NO2 is 1. The van der Waals surface area contributed by atoms with Crippen LogP contribution in [0.25, 0.3) is 0 Å². The Kier molecular flexibility index (Phi) is 8.91. The highest BCUT2D eigenvalue weighted by atomic mass is 16.7. The third kappa shape index (κ3) is 5.38. The number of ether oxygens (including phenoxy) is 2. The van der Waals surface area contributed by atoms with E-state index in [4.69, 9.17) is 9.47 Å². The molecule has 3 saturated carbocycles. The first-order valence-corrected chi connectivity index (χ1v) is 16.6. The highest BCUT2D eigenvalue weighted by Gasteiger charge is 2.66. The molecule has 234 valence electrons. The first kappa shape index (κ1) is 31.6. The third-order valence-corrected chi connectivity index (χ3v) is 13.4. The second-order valence-electron chi connectivity index (χ2n) is 15.9. The molecule has 41 heavy (non-hydrogen) atoms. The van der Waals surface area contributed by atoms with E-state index in [0.29, 0.717) is 22.7 Å². The molecule has 3 N–H and O–H groups in total. The number of hydrogen-bond acceptors (Lipinski definition) is 7. The first-order valence-electron chi connectivity index (χ1n) is 16.6. The lowest BCUT2D eigenvalue weighted by Crippen LogP contribution is -2.58. The van der Waals surface area contributed by atoms with Gasteiger partial charge in [-0.2, -0.15) is 4.91 Å². The molecule has 1 aliphatic heterocycles. The van der Waals surface area contributed by atoms with Crippen molar-refractivity contribution in [3.63, 3.8) is 0 Å². The van der Waals surface area contributed by atoms with Crippen molar-refractivity contribution in [2.45, 2.75) is 155 Å². The van der Waals surface area contributed by atoms with E-state index in [0.717, 1.165) is 38.0 Å². The molecule has 0 bridgehead atoms. The molecule has 0 radical (unpaired) electrons. The van der Waals surface area contributed by atoms with E-state index in [1.54, 1.807) is 0 Å². The van der Waals surface area contributed by atoms with Gasteiger partial charge in [0.25, 0.3) is 0 Å². The summed E-state index contributed by atoms with van der Waals surface area (Å²) in [5, 5.41) is 33.7. The minimum Gasteiger partial charge on any atom is -0.394 e. The lowest BCUT2D eigenvalue weighted by molar-refractivity contribution is -0.290. The topological polar surface area (TPSA) is 109 Å². The lowest BCUT2D eigenvalue weighted by Gasteiger charge is -2.65. The molecule has 1 heterocycles. The molecule has 0 aromatic heterocycles. The second kappa shape index (κ2) is 11.6. The normalized spacial score (nSPS) is 48.1. The zero-order valence-corrected chi connectivity index (χ0v) is 26.5. The van der Waals surface area contributed by atoms with Crippen LogP contribution in [0.2, 0.25) is 0 Å². The summed E-state index contributed by atoms with van der Waals surface area (Å²) in [6.45, 7) is 13.8. The van der Waals surface area contributed by atoms with Crippen LogP contribution in [0.3, 0.4) is 0 Å². The molecule has 0 aromatic carbocycles. The maximum Gasteiger partial charge on any atom is 0.186 e. The van der Waals surface area contributed by atoms with Gasteiger partial charge in [0.15, 0.2) is 6.29 Å². The fourth-order valence-electron chi connectivity index (χ4n) is 10.5. The van der Waals surface area contributed by atoms with Gasteiger partial charge in [-0.3, -0.25) is 0 Å². The van der Waals surface area contributed by atoms with Crippen molar-refractivity contribution in [3.05, 3.63) is 16.6 Å². The number of aliphatic hydroxyl groups is 3. The summed E-state index contributed by atoms with van der Waals surface area (Å²) in [5.74, 6) is 2.23. The minimum atomic E-state index is -1.09. The number of allylic oxidation sites excluding steroid dienone is 1. The summed E-state index contributed by atoms with van der Waals surface area (Å²) in [4.78, 5) is 11.1. The van der Waals surface area contributed by atoms with Gasteiger partial charge < -0.3 is 24.8 Å². The van der Waals surface area contributed by atoms with Crippen LogP contribution in [0, 0.1) is 44.8 Å². The van der Waals surface area contributed by atoms with Gasteiger partial charge in [-0.1, -0.05) is 57.4 Å². The molecular weight excluding hydrogens is 518 g/mol. The van der Waals surface area contributed by atoms with Crippen LogP contribution in [0.5, 0.6) is 0 Å². The van der Waals surface area contributed by atoms with Gasteiger partial charge in [0.05, 0.1) is 30.5 Å². The average molecular weight is 576 g/mol. The monoisotopic (exact) mass is 575 g/mol. The standard InChI is InChI=1S/C34H57NO6/c1-21-24-10-13-28-32(4,25(24)11-12-27(21)41-30-29(38)26(37)19-23(20-36)40-30)17-18-33(5)22(14-16-34(28,33)6)9-7-8-15-31(2,3)35-39/h10,21-23,25-30,36-38H,7-9,11-20H2,1-6H3/t21-,22?,23+,25?,26+,27+,28?,29-,30+,32+,33-,34+/m1/s1. The average Bonchev–Trinajstić information content (AvgIpc) is 3.20. The van der Waals surface area contributed by atoms with Crippen LogP contribution in [0.4, 0.5) is 0 Å². The summed E-state index contributed by atoms with van der Waals surface area (Å²) < 4.78 is 12.2. The molecule has 5 rings (SSSR count). The van der Waals surface area contributed by atoms with Crippen LogP contribution in [0.1, 0.15) is 119 Å². The Bertz CT molecular complexity index is 984. The highest BCUT2D eigenvalue weighted by molar-refractivity contribution is 5.27. The molecule has 3 unspecified atom stereocenters. The van der Waals surface area contributed by atoms with Crippen molar-refractivity contribution in [2.24, 2.45) is 45.1 Å². The summed E-state index contributed by atoms with van der Waals surface area (Å²) in [6, 6.07) is 0.